The zero-order valence-electron chi connectivity index (χ0n) is 18.5. The fourth-order valence-corrected chi connectivity index (χ4v) is 5.62. The van der Waals surface area contributed by atoms with Crippen molar-refractivity contribution in [2.75, 3.05) is 13.2 Å². The Morgan fingerprint density at radius 2 is 1.68 bits per heavy atom. The highest BCUT2D eigenvalue weighted by Crippen LogP contribution is 2.38. The van der Waals surface area contributed by atoms with Crippen LogP contribution < -0.4 is 0 Å². The summed E-state index contributed by atoms with van der Waals surface area (Å²) in [7, 11) is 0. The molecule has 0 radical (unpaired) electrons. The molecule has 0 amide bonds. The second-order valence-electron chi connectivity index (χ2n) is 8.57. The van der Waals surface area contributed by atoms with Crippen molar-refractivity contribution in [1.82, 2.24) is 14.6 Å². The van der Waals surface area contributed by atoms with E-state index in [4.69, 9.17) is 4.74 Å². The molecule has 1 saturated heterocycles. The molecule has 1 fully saturated rings. The van der Waals surface area contributed by atoms with Crippen LogP contribution in [-0.2, 0) is 10.2 Å². The smallest absolute Gasteiger partial charge is 0.168 e. The highest BCUT2D eigenvalue weighted by atomic mass is 32.2. The summed E-state index contributed by atoms with van der Waals surface area (Å²) >= 11 is 1.72. The van der Waals surface area contributed by atoms with Crippen LogP contribution in [0, 0.1) is 11.3 Å². The Morgan fingerprint density at radius 3 is 2.50 bits per heavy atom. The lowest BCUT2D eigenvalue weighted by atomic mass is 9.75. The Balaban J connectivity index is 1.36. The van der Waals surface area contributed by atoms with Gasteiger partial charge in [-0.05, 0) is 66.3 Å². The lowest BCUT2D eigenvalue weighted by molar-refractivity contribution is 0.0675. The zero-order chi connectivity index (χ0) is 23.0. The molecule has 3 aromatic carbocycles. The zero-order valence-corrected chi connectivity index (χ0v) is 19.3. The third kappa shape index (κ3) is 3.63. The molecular formula is C28H22N4OS. The molecule has 2 aromatic heterocycles. The number of fused-ring (bicyclic) bond motifs is 3. The lowest BCUT2D eigenvalue weighted by Gasteiger charge is -2.31. The summed E-state index contributed by atoms with van der Waals surface area (Å²) in [6, 6.07) is 31.7. The van der Waals surface area contributed by atoms with E-state index in [1.165, 1.54) is 0 Å². The third-order valence-electron chi connectivity index (χ3n) is 6.55. The van der Waals surface area contributed by atoms with Crippen molar-refractivity contribution in [1.29, 1.82) is 5.26 Å². The van der Waals surface area contributed by atoms with Crippen LogP contribution >= 0.6 is 11.8 Å². The Morgan fingerprint density at radius 1 is 0.853 bits per heavy atom. The van der Waals surface area contributed by atoms with E-state index in [0.29, 0.717) is 13.2 Å². The van der Waals surface area contributed by atoms with Crippen LogP contribution in [0.3, 0.4) is 0 Å². The standard InChI is InChI=1S/C28H22N4OS/c29-19-28(13-15-33-16-14-28)22-7-4-8-23(18-22)34-24-10-11-25-21(17-24)9-12-26-30-31-27(32(25)26)20-5-2-1-3-6-20/h1-12,17-18H,13-16H2. The molecule has 1 aliphatic heterocycles. The topological polar surface area (TPSA) is 63.2 Å². The maximum atomic E-state index is 9.94. The van der Waals surface area contributed by atoms with Crippen LogP contribution in [-0.4, -0.2) is 27.8 Å². The summed E-state index contributed by atoms with van der Waals surface area (Å²) in [5, 5.41) is 19.9. The quantitative estimate of drug-likeness (QED) is 0.315. The molecule has 0 unspecified atom stereocenters. The second kappa shape index (κ2) is 8.60. The van der Waals surface area contributed by atoms with Gasteiger partial charge in [0, 0.05) is 28.6 Å². The van der Waals surface area contributed by atoms with E-state index in [9.17, 15) is 5.26 Å². The molecule has 0 aliphatic carbocycles. The average Bonchev–Trinajstić information content (AvgIpc) is 3.34. The Kier molecular flexibility index (Phi) is 5.29. The van der Waals surface area contributed by atoms with Crippen molar-refractivity contribution in [3.63, 3.8) is 0 Å². The van der Waals surface area contributed by atoms with Gasteiger partial charge in [0.1, 0.15) is 0 Å². The van der Waals surface area contributed by atoms with Gasteiger partial charge in [-0.2, -0.15) is 5.26 Å². The summed E-state index contributed by atoms with van der Waals surface area (Å²) in [6.45, 7) is 1.27. The molecule has 5 nitrogen and oxygen atoms in total. The van der Waals surface area contributed by atoms with Crippen molar-refractivity contribution >= 4 is 28.3 Å². The van der Waals surface area contributed by atoms with Gasteiger partial charge >= 0.3 is 0 Å². The van der Waals surface area contributed by atoms with Gasteiger partial charge < -0.3 is 4.74 Å². The van der Waals surface area contributed by atoms with Gasteiger partial charge in [-0.15, -0.1) is 10.2 Å². The molecule has 5 aromatic rings. The number of nitrogens with zero attached hydrogens (tertiary/aromatic N) is 4. The van der Waals surface area contributed by atoms with Gasteiger partial charge in [0.15, 0.2) is 11.5 Å². The largest absolute Gasteiger partial charge is 0.381 e. The number of hydrogen-bond acceptors (Lipinski definition) is 5. The van der Waals surface area contributed by atoms with E-state index in [0.717, 1.165) is 56.1 Å². The summed E-state index contributed by atoms with van der Waals surface area (Å²) in [5.41, 5.74) is 3.58. The van der Waals surface area contributed by atoms with Crippen molar-refractivity contribution in [3.8, 4) is 17.5 Å². The summed E-state index contributed by atoms with van der Waals surface area (Å²) in [5.74, 6) is 0.840. The predicted molar refractivity (Wildman–Crippen MR) is 134 cm³/mol. The lowest BCUT2D eigenvalue weighted by Crippen LogP contribution is -2.32. The number of nitriles is 1. The highest BCUT2D eigenvalue weighted by molar-refractivity contribution is 7.99. The third-order valence-corrected chi connectivity index (χ3v) is 7.53. The van der Waals surface area contributed by atoms with Gasteiger partial charge in [0.2, 0.25) is 0 Å². The van der Waals surface area contributed by atoms with E-state index in [-0.39, 0.29) is 0 Å². The minimum atomic E-state index is -0.452. The van der Waals surface area contributed by atoms with Gasteiger partial charge in [0.05, 0.1) is 17.0 Å². The first-order valence-electron chi connectivity index (χ1n) is 11.4. The molecular weight excluding hydrogens is 440 g/mol. The van der Waals surface area contributed by atoms with Gasteiger partial charge in [-0.3, -0.25) is 4.40 Å². The first-order chi connectivity index (χ1) is 16.8. The number of aromatic nitrogens is 3. The van der Waals surface area contributed by atoms with Gasteiger partial charge in [-0.1, -0.05) is 54.2 Å². The van der Waals surface area contributed by atoms with E-state index in [2.05, 4.69) is 81.3 Å². The maximum absolute atomic E-state index is 9.94. The molecule has 0 N–H and O–H groups in total. The van der Waals surface area contributed by atoms with Crippen LogP contribution in [0.1, 0.15) is 18.4 Å². The molecule has 1 aliphatic rings. The van der Waals surface area contributed by atoms with Crippen LogP contribution in [0.15, 0.2) is 94.7 Å². The molecule has 0 spiro atoms. The average molecular weight is 463 g/mol. The highest BCUT2D eigenvalue weighted by Gasteiger charge is 2.34. The number of ether oxygens (including phenoxy) is 1. The number of benzene rings is 3. The minimum absolute atomic E-state index is 0.452. The molecule has 0 saturated carbocycles. The Hall–Kier alpha value is -3.66. The fourth-order valence-electron chi connectivity index (χ4n) is 4.69. The van der Waals surface area contributed by atoms with Crippen LogP contribution in [0.2, 0.25) is 0 Å². The van der Waals surface area contributed by atoms with E-state index in [1.807, 2.05) is 24.3 Å². The molecule has 6 heteroatoms. The monoisotopic (exact) mass is 462 g/mol. The number of pyridine rings is 1. The summed E-state index contributed by atoms with van der Waals surface area (Å²) < 4.78 is 7.62. The number of hydrogen-bond donors (Lipinski definition) is 0. The number of rotatable bonds is 4. The molecule has 34 heavy (non-hydrogen) atoms. The van der Waals surface area contributed by atoms with Gasteiger partial charge in [0.25, 0.3) is 0 Å². The fraction of sp³-hybridized carbons (Fsp3) is 0.179. The van der Waals surface area contributed by atoms with Crippen molar-refractivity contribution in [3.05, 3.63) is 90.5 Å². The van der Waals surface area contributed by atoms with Gasteiger partial charge in [-0.25, -0.2) is 0 Å². The molecule has 6 rings (SSSR count). The van der Waals surface area contributed by atoms with Crippen LogP contribution in [0.25, 0.3) is 27.9 Å². The van der Waals surface area contributed by atoms with Crippen LogP contribution in [0.5, 0.6) is 0 Å². The molecule has 166 valence electrons. The first-order valence-corrected chi connectivity index (χ1v) is 12.2. The predicted octanol–water partition coefficient (Wildman–Crippen LogP) is 6.27. The van der Waals surface area contributed by atoms with Crippen molar-refractivity contribution in [2.45, 2.75) is 28.0 Å². The molecule has 0 atom stereocenters. The SMILES string of the molecule is N#CC1(c2cccc(Sc3ccc4c(ccc5nnc(-c6ccccc6)n54)c3)c2)CCOCC1. The minimum Gasteiger partial charge on any atom is -0.381 e. The first kappa shape index (κ1) is 20.9. The summed E-state index contributed by atoms with van der Waals surface area (Å²) in [6.07, 6.45) is 1.48. The molecule has 0 bridgehead atoms. The Labute approximate surface area is 202 Å². The maximum Gasteiger partial charge on any atom is 0.168 e. The normalized spacial score (nSPS) is 15.4. The Bertz CT molecular complexity index is 1530. The van der Waals surface area contributed by atoms with E-state index >= 15 is 0 Å². The van der Waals surface area contributed by atoms with Crippen LogP contribution in [0.4, 0.5) is 0 Å². The van der Waals surface area contributed by atoms with Crippen molar-refractivity contribution in [2.24, 2.45) is 0 Å². The van der Waals surface area contributed by atoms with E-state index in [1.54, 1.807) is 11.8 Å². The second-order valence-corrected chi connectivity index (χ2v) is 9.72. The molecule has 3 heterocycles. The van der Waals surface area contributed by atoms with Crippen molar-refractivity contribution < 1.29 is 4.74 Å². The van der Waals surface area contributed by atoms with E-state index < -0.39 is 5.41 Å². The summed E-state index contributed by atoms with van der Waals surface area (Å²) in [4.78, 5) is 2.28.